The van der Waals surface area contributed by atoms with Gasteiger partial charge in [0, 0.05) is 24.7 Å². The summed E-state index contributed by atoms with van der Waals surface area (Å²) in [5.74, 6) is -0.0951. The van der Waals surface area contributed by atoms with Gasteiger partial charge in [-0.3, -0.25) is 4.79 Å². The lowest BCUT2D eigenvalue weighted by Crippen LogP contribution is -2.44. The minimum absolute atomic E-state index is 0.0238. The van der Waals surface area contributed by atoms with Crippen molar-refractivity contribution in [2.24, 2.45) is 0 Å². The number of benzene rings is 1. The number of nitrogens with one attached hydrogen (secondary N) is 1. The molecule has 1 heterocycles. The van der Waals surface area contributed by atoms with Gasteiger partial charge in [-0.25, -0.2) is 4.79 Å². The number of hydrogen-bond acceptors (Lipinski definition) is 3. The molecule has 0 bridgehead atoms. The van der Waals surface area contributed by atoms with Gasteiger partial charge in [0.1, 0.15) is 0 Å². The van der Waals surface area contributed by atoms with Crippen LogP contribution in [0.4, 0.5) is 4.79 Å². The van der Waals surface area contributed by atoms with E-state index >= 15 is 0 Å². The number of carbonyl (C=O) groups is 2. The number of methoxy groups -OCH3 is 1. The molecule has 1 aliphatic rings. The first kappa shape index (κ1) is 14.4. The summed E-state index contributed by atoms with van der Waals surface area (Å²) in [5.41, 5.74) is 0.640. The lowest BCUT2D eigenvalue weighted by atomic mass is 10.1. The van der Waals surface area contributed by atoms with Crippen LogP contribution >= 0.6 is 0 Å². The van der Waals surface area contributed by atoms with Gasteiger partial charge in [0.05, 0.1) is 7.11 Å². The van der Waals surface area contributed by atoms with Crippen molar-refractivity contribution in [2.45, 2.75) is 25.3 Å². The van der Waals surface area contributed by atoms with Crippen LogP contribution in [0.25, 0.3) is 0 Å². The number of amides is 2. The van der Waals surface area contributed by atoms with Gasteiger partial charge >= 0.3 is 6.09 Å². The maximum absolute atomic E-state index is 12.1. The Kier molecular flexibility index (Phi) is 4.98. The average molecular weight is 276 g/mol. The number of hydrogen-bond donors (Lipinski definition) is 1. The maximum Gasteiger partial charge on any atom is 0.409 e. The molecule has 2 amide bonds. The van der Waals surface area contributed by atoms with Crippen LogP contribution in [0.3, 0.4) is 0 Å². The van der Waals surface area contributed by atoms with E-state index in [-0.39, 0.29) is 18.0 Å². The number of likely N-dealkylation sites (tertiary alicyclic amines) is 1. The largest absolute Gasteiger partial charge is 0.453 e. The van der Waals surface area contributed by atoms with Crippen molar-refractivity contribution in [3.05, 3.63) is 35.9 Å². The predicted octanol–water partition coefficient (Wildman–Crippen LogP) is 2.04. The van der Waals surface area contributed by atoms with Gasteiger partial charge in [-0.05, 0) is 31.4 Å². The molecule has 0 saturated carbocycles. The molecule has 1 N–H and O–H groups in total. The van der Waals surface area contributed by atoms with Crippen LogP contribution in [-0.2, 0) is 4.74 Å². The minimum atomic E-state index is -0.328. The molecule has 5 heteroatoms. The van der Waals surface area contributed by atoms with Crippen molar-refractivity contribution >= 4 is 12.0 Å². The Balaban J connectivity index is 1.97. The second-order valence-electron chi connectivity index (χ2n) is 4.95. The van der Waals surface area contributed by atoms with Crippen LogP contribution in [0.2, 0.25) is 0 Å². The highest BCUT2D eigenvalue weighted by Gasteiger charge is 2.23. The first-order chi connectivity index (χ1) is 9.70. The zero-order valence-corrected chi connectivity index (χ0v) is 11.7. The smallest absolute Gasteiger partial charge is 0.409 e. The highest BCUT2D eigenvalue weighted by Crippen LogP contribution is 2.12. The Morgan fingerprint density at radius 3 is 2.70 bits per heavy atom. The monoisotopic (exact) mass is 276 g/mol. The molecule has 1 aliphatic heterocycles. The fraction of sp³-hybridized carbons (Fsp3) is 0.467. The summed E-state index contributed by atoms with van der Waals surface area (Å²) in [6.07, 6.45) is 2.48. The standard InChI is InChI=1S/C15H20N2O3/c1-20-15(19)17-10-6-5-9-13(11-17)16-14(18)12-7-3-2-4-8-12/h2-4,7-8,13H,5-6,9-11H2,1H3,(H,16,18). The van der Waals surface area contributed by atoms with Gasteiger partial charge in [-0.15, -0.1) is 0 Å². The van der Waals surface area contributed by atoms with Gasteiger partial charge in [0.2, 0.25) is 0 Å². The minimum Gasteiger partial charge on any atom is -0.453 e. The average Bonchev–Trinajstić information content (AvgIpc) is 2.73. The van der Waals surface area contributed by atoms with Crippen molar-refractivity contribution in [3.8, 4) is 0 Å². The molecule has 1 atom stereocenters. The molecule has 0 aromatic heterocycles. The van der Waals surface area contributed by atoms with Crippen LogP contribution in [0.1, 0.15) is 29.6 Å². The first-order valence-corrected chi connectivity index (χ1v) is 6.89. The molecule has 0 aliphatic carbocycles. The Morgan fingerprint density at radius 1 is 1.25 bits per heavy atom. The van der Waals surface area contributed by atoms with E-state index in [1.165, 1.54) is 7.11 Å². The third-order valence-corrected chi connectivity index (χ3v) is 3.48. The number of rotatable bonds is 2. The van der Waals surface area contributed by atoms with Crippen LogP contribution in [-0.4, -0.2) is 43.1 Å². The van der Waals surface area contributed by atoms with Gasteiger partial charge in [-0.1, -0.05) is 18.2 Å². The predicted molar refractivity (Wildman–Crippen MR) is 75.5 cm³/mol. The SMILES string of the molecule is COC(=O)N1CCCCC(NC(=O)c2ccccc2)C1. The molecule has 1 aromatic rings. The summed E-state index contributed by atoms with van der Waals surface area (Å²) in [6.45, 7) is 1.19. The number of nitrogens with zero attached hydrogens (tertiary/aromatic N) is 1. The highest BCUT2D eigenvalue weighted by molar-refractivity contribution is 5.94. The third-order valence-electron chi connectivity index (χ3n) is 3.48. The Bertz CT molecular complexity index is 461. The summed E-state index contributed by atoms with van der Waals surface area (Å²) in [7, 11) is 1.38. The highest BCUT2D eigenvalue weighted by atomic mass is 16.5. The van der Waals surface area contributed by atoms with Crippen molar-refractivity contribution in [1.82, 2.24) is 10.2 Å². The molecule has 1 fully saturated rings. The molecule has 1 saturated heterocycles. The molecule has 0 spiro atoms. The van der Waals surface area contributed by atoms with Crippen LogP contribution < -0.4 is 5.32 Å². The van der Waals surface area contributed by atoms with E-state index in [9.17, 15) is 9.59 Å². The molecular formula is C15H20N2O3. The summed E-state index contributed by atoms with van der Waals surface area (Å²) in [6, 6.07) is 9.09. The summed E-state index contributed by atoms with van der Waals surface area (Å²) < 4.78 is 4.76. The van der Waals surface area contributed by atoms with Crippen LogP contribution in [0, 0.1) is 0 Å². The summed E-state index contributed by atoms with van der Waals surface area (Å²) in [4.78, 5) is 25.4. The van der Waals surface area contributed by atoms with E-state index in [1.807, 2.05) is 18.2 Å². The quantitative estimate of drug-likeness (QED) is 0.899. The Hall–Kier alpha value is -2.04. The van der Waals surface area contributed by atoms with E-state index < -0.39 is 0 Å². The van der Waals surface area contributed by atoms with E-state index in [4.69, 9.17) is 4.74 Å². The molecular weight excluding hydrogens is 256 g/mol. The molecule has 1 aromatic carbocycles. The van der Waals surface area contributed by atoms with Gasteiger partial charge in [0.15, 0.2) is 0 Å². The Labute approximate surface area is 118 Å². The third kappa shape index (κ3) is 3.73. The topological polar surface area (TPSA) is 58.6 Å². The van der Waals surface area contributed by atoms with E-state index in [2.05, 4.69) is 5.32 Å². The lowest BCUT2D eigenvalue weighted by Gasteiger charge is -2.23. The van der Waals surface area contributed by atoms with E-state index in [0.29, 0.717) is 18.7 Å². The zero-order chi connectivity index (χ0) is 14.4. The second-order valence-corrected chi connectivity index (χ2v) is 4.95. The van der Waals surface area contributed by atoms with E-state index in [0.717, 1.165) is 19.3 Å². The molecule has 1 unspecified atom stereocenters. The van der Waals surface area contributed by atoms with Gasteiger partial charge in [0.25, 0.3) is 5.91 Å². The zero-order valence-electron chi connectivity index (χ0n) is 11.7. The maximum atomic E-state index is 12.1. The first-order valence-electron chi connectivity index (χ1n) is 6.89. The fourth-order valence-corrected chi connectivity index (χ4v) is 2.41. The van der Waals surface area contributed by atoms with Crippen LogP contribution in [0.15, 0.2) is 30.3 Å². The molecule has 108 valence electrons. The summed E-state index contributed by atoms with van der Waals surface area (Å²) >= 11 is 0. The van der Waals surface area contributed by atoms with Crippen molar-refractivity contribution in [3.63, 3.8) is 0 Å². The second kappa shape index (κ2) is 6.93. The molecule has 0 radical (unpaired) electrons. The molecule has 5 nitrogen and oxygen atoms in total. The van der Waals surface area contributed by atoms with E-state index in [1.54, 1.807) is 17.0 Å². The number of ether oxygens (including phenoxy) is 1. The van der Waals surface area contributed by atoms with Crippen molar-refractivity contribution in [1.29, 1.82) is 0 Å². The van der Waals surface area contributed by atoms with Crippen molar-refractivity contribution < 1.29 is 14.3 Å². The Morgan fingerprint density at radius 2 is 2.00 bits per heavy atom. The summed E-state index contributed by atoms with van der Waals surface area (Å²) in [5, 5.41) is 3.00. The van der Waals surface area contributed by atoms with Gasteiger partial charge in [-0.2, -0.15) is 0 Å². The van der Waals surface area contributed by atoms with Crippen molar-refractivity contribution in [2.75, 3.05) is 20.2 Å². The van der Waals surface area contributed by atoms with Gasteiger partial charge < -0.3 is 15.0 Å². The fourth-order valence-electron chi connectivity index (χ4n) is 2.41. The lowest BCUT2D eigenvalue weighted by molar-refractivity contribution is 0.0913. The number of carbonyl (C=O) groups excluding carboxylic acids is 2. The van der Waals surface area contributed by atoms with Crippen LogP contribution in [0.5, 0.6) is 0 Å². The molecule has 2 rings (SSSR count). The normalized spacial score (nSPS) is 19.1. The molecule has 20 heavy (non-hydrogen) atoms.